The lowest BCUT2D eigenvalue weighted by molar-refractivity contribution is -0.155. The predicted octanol–water partition coefficient (Wildman–Crippen LogP) is 3.02. The van der Waals surface area contributed by atoms with Gasteiger partial charge in [0.2, 0.25) is 0 Å². The van der Waals surface area contributed by atoms with Crippen molar-refractivity contribution < 1.29 is 28.6 Å². The number of aliphatic carboxylic acids is 1. The minimum atomic E-state index is -1.03. The van der Waals surface area contributed by atoms with Crippen molar-refractivity contribution in [3.63, 3.8) is 0 Å². The van der Waals surface area contributed by atoms with Gasteiger partial charge in [0, 0.05) is 40.9 Å². The first-order chi connectivity index (χ1) is 16.8. The number of halogens is 2. The lowest BCUT2D eigenvalue weighted by Gasteiger charge is -2.38. The average molecular weight is 523 g/mol. The highest BCUT2D eigenvalue weighted by Crippen LogP contribution is 2.37. The number of carbonyl (C=O) groups is 2. The molecule has 0 amide bonds. The molecule has 186 valence electrons. The first-order valence-corrected chi connectivity index (χ1v) is 12.2. The molecule has 1 aromatic heterocycles. The van der Waals surface area contributed by atoms with E-state index in [-0.39, 0.29) is 23.7 Å². The number of carboxylic acid groups (broad SMARTS) is 1. The summed E-state index contributed by atoms with van der Waals surface area (Å²) in [5, 5.41) is 15.5. The van der Waals surface area contributed by atoms with Crippen LogP contribution < -0.4 is 5.32 Å². The van der Waals surface area contributed by atoms with Crippen LogP contribution in [-0.2, 0) is 19.1 Å². The minimum absolute atomic E-state index is 0.0819. The maximum absolute atomic E-state index is 13.8. The topological polar surface area (TPSA) is 113 Å². The van der Waals surface area contributed by atoms with Gasteiger partial charge in [-0.25, -0.2) is 14.2 Å². The summed E-state index contributed by atoms with van der Waals surface area (Å²) in [5.41, 5.74) is 0.993. The quantitative estimate of drug-likeness (QED) is 0.533. The van der Waals surface area contributed by atoms with E-state index in [1.54, 1.807) is 30.3 Å². The van der Waals surface area contributed by atoms with Gasteiger partial charge in [-0.05, 0) is 26.0 Å². The van der Waals surface area contributed by atoms with Crippen molar-refractivity contribution in [3.05, 3.63) is 62.5 Å². The lowest BCUT2D eigenvalue weighted by atomic mass is 9.94. The van der Waals surface area contributed by atoms with Crippen molar-refractivity contribution in [3.8, 4) is 0 Å². The van der Waals surface area contributed by atoms with E-state index in [1.165, 1.54) is 23.5 Å². The zero-order chi connectivity index (χ0) is 25.1. The Labute approximate surface area is 210 Å². The Kier molecular flexibility index (Phi) is 7.80. The van der Waals surface area contributed by atoms with Crippen molar-refractivity contribution in [2.75, 3.05) is 26.3 Å². The Morgan fingerprint density at radius 1 is 1.43 bits per heavy atom. The number of ether oxygens (including phenoxy) is 2. The molecule has 1 unspecified atom stereocenters. The molecule has 0 bridgehead atoms. The van der Waals surface area contributed by atoms with E-state index in [9.17, 15) is 19.1 Å². The highest BCUT2D eigenvalue weighted by atomic mass is 35.5. The molecule has 1 fully saturated rings. The molecule has 3 heterocycles. The summed E-state index contributed by atoms with van der Waals surface area (Å²) in [5.74, 6) is -1.79. The fourth-order valence-corrected chi connectivity index (χ4v) is 5.05. The Bertz CT molecular complexity index is 1170. The third-order valence-electron chi connectivity index (χ3n) is 5.72. The van der Waals surface area contributed by atoms with Gasteiger partial charge in [0.05, 0.1) is 24.9 Å². The molecule has 12 heteroatoms. The van der Waals surface area contributed by atoms with E-state index in [2.05, 4.69) is 10.3 Å². The van der Waals surface area contributed by atoms with E-state index in [0.717, 1.165) is 6.07 Å². The second kappa shape index (κ2) is 10.8. The fourth-order valence-electron chi connectivity index (χ4n) is 4.19. The fraction of sp³-hybridized carbons (Fsp3) is 0.391. The van der Waals surface area contributed by atoms with Crippen molar-refractivity contribution in [2.24, 2.45) is 4.99 Å². The Hall–Kier alpha value is -2.86. The number of nitrogens with zero attached hydrogens (tertiary/aromatic N) is 3. The third-order valence-corrected chi connectivity index (χ3v) is 6.83. The van der Waals surface area contributed by atoms with E-state index in [0.29, 0.717) is 35.3 Å². The summed E-state index contributed by atoms with van der Waals surface area (Å²) in [6.07, 6.45) is 1.07. The van der Waals surface area contributed by atoms with Crippen LogP contribution in [-0.4, -0.2) is 71.2 Å². The Morgan fingerprint density at radius 2 is 2.23 bits per heavy atom. The lowest BCUT2D eigenvalue weighted by Crippen LogP contribution is -2.56. The largest absolute Gasteiger partial charge is 0.480 e. The van der Waals surface area contributed by atoms with Crippen LogP contribution >= 0.6 is 22.9 Å². The number of nitrogens with one attached hydrogen (secondary N) is 1. The van der Waals surface area contributed by atoms with Gasteiger partial charge in [-0.1, -0.05) is 17.7 Å². The van der Waals surface area contributed by atoms with Crippen molar-refractivity contribution in [1.82, 2.24) is 15.2 Å². The van der Waals surface area contributed by atoms with E-state index in [1.807, 2.05) is 0 Å². The van der Waals surface area contributed by atoms with E-state index < -0.39 is 35.9 Å². The molecule has 2 aliphatic heterocycles. The Morgan fingerprint density at radius 3 is 2.89 bits per heavy atom. The third kappa shape index (κ3) is 5.37. The maximum Gasteiger partial charge on any atom is 0.338 e. The van der Waals surface area contributed by atoms with Crippen LogP contribution in [0.25, 0.3) is 0 Å². The molecule has 2 aromatic rings. The molecule has 0 saturated carbocycles. The summed E-state index contributed by atoms with van der Waals surface area (Å²) in [7, 11) is 0. The summed E-state index contributed by atoms with van der Waals surface area (Å²) in [4.78, 5) is 36.0. The predicted molar refractivity (Wildman–Crippen MR) is 128 cm³/mol. The molecule has 1 aromatic carbocycles. The van der Waals surface area contributed by atoms with Gasteiger partial charge in [-0.3, -0.25) is 14.7 Å². The number of benzene rings is 1. The molecule has 0 spiro atoms. The van der Waals surface area contributed by atoms with Gasteiger partial charge >= 0.3 is 11.9 Å². The molecular formula is C23H24ClFN4O5S. The van der Waals surface area contributed by atoms with Crippen molar-refractivity contribution >= 4 is 40.7 Å². The SMILES string of the molecule is CCOC(=O)C1=C(CN2CCO[C@H](C)[C@H]2C(=O)O)NC(c2nccs2)=NC1c1ccc(F)cc1Cl. The van der Waals surface area contributed by atoms with E-state index in [4.69, 9.17) is 26.1 Å². The summed E-state index contributed by atoms with van der Waals surface area (Å²) < 4.78 is 24.7. The summed E-state index contributed by atoms with van der Waals surface area (Å²) >= 11 is 7.73. The first kappa shape index (κ1) is 25.2. The number of carboxylic acids is 1. The zero-order valence-corrected chi connectivity index (χ0v) is 20.6. The number of carbonyl (C=O) groups excluding carboxylic acids is 1. The van der Waals surface area contributed by atoms with Crippen LogP contribution in [0.15, 0.2) is 46.0 Å². The van der Waals surface area contributed by atoms with Crippen LogP contribution in [0.3, 0.4) is 0 Å². The van der Waals surface area contributed by atoms with Gasteiger partial charge in [0.25, 0.3) is 0 Å². The number of aliphatic imine (C=N–C) groups is 1. The molecule has 3 atom stereocenters. The standard InChI is InChI=1S/C23H24ClFN4O5S/c1-3-33-23(32)17-16(11-29-7-8-34-12(2)19(29)22(30)31)27-20(21-26-6-9-35-21)28-18(17)14-5-4-13(25)10-15(14)24/h4-6,9-10,12,18-19H,3,7-8,11H2,1-2H3,(H,27,28)(H,30,31)/t12-,18?,19+/m1/s1. The molecule has 4 rings (SSSR count). The van der Waals surface area contributed by atoms with Gasteiger partial charge in [-0.15, -0.1) is 11.3 Å². The number of amidine groups is 1. The monoisotopic (exact) mass is 522 g/mol. The number of hydrogen-bond acceptors (Lipinski definition) is 9. The summed E-state index contributed by atoms with van der Waals surface area (Å²) in [6.45, 7) is 4.27. The van der Waals surface area contributed by atoms with Gasteiger partial charge in [0.15, 0.2) is 10.8 Å². The molecule has 9 nitrogen and oxygen atoms in total. The van der Waals surface area contributed by atoms with Crippen LogP contribution in [0.5, 0.6) is 0 Å². The van der Waals surface area contributed by atoms with Gasteiger partial charge in [-0.2, -0.15) is 0 Å². The van der Waals surface area contributed by atoms with Crippen LogP contribution in [0.2, 0.25) is 5.02 Å². The summed E-state index contributed by atoms with van der Waals surface area (Å²) in [6, 6.07) is 2.04. The normalized spacial score (nSPS) is 23.0. The first-order valence-electron chi connectivity index (χ1n) is 11.0. The van der Waals surface area contributed by atoms with Crippen molar-refractivity contribution in [1.29, 1.82) is 0 Å². The molecule has 2 aliphatic rings. The maximum atomic E-state index is 13.8. The number of aromatic nitrogens is 1. The highest BCUT2D eigenvalue weighted by Gasteiger charge is 2.39. The minimum Gasteiger partial charge on any atom is -0.480 e. The van der Waals surface area contributed by atoms with Crippen LogP contribution in [0.4, 0.5) is 4.39 Å². The Balaban J connectivity index is 1.84. The molecule has 0 aliphatic carbocycles. The molecule has 35 heavy (non-hydrogen) atoms. The zero-order valence-electron chi connectivity index (χ0n) is 19.0. The van der Waals surface area contributed by atoms with Crippen LogP contribution in [0.1, 0.15) is 30.5 Å². The highest BCUT2D eigenvalue weighted by molar-refractivity contribution is 7.11. The van der Waals surface area contributed by atoms with Crippen LogP contribution in [0, 0.1) is 5.82 Å². The average Bonchev–Trinajstić information content (AvgIpc) is 3.33. The number of esters is 1. The van der Waals surface area contributed by atoms with Crippen molar-refractivity contribution in [2.45, 2.75) is 32.0 Å². The van der Waals surface area contributed by atoms with E-state index >= 15 is 0 Å². The molecular weight excluding hydrogens is 499 g/mol. The second-order valence-electron chi connectivity index (χ2n) is 7.95. The number of rotatable bonds is 7. The molecule has 0 radical (unpaired) electrons. The smallest absolute Gasteiger partial charge is 0.338 e. The second-order valence-corrected chi connectivity index (χ2v) is 9.25. The van der Waals surface area contributed by atoms with Gasteiger partial charge in [0.1, 0.15) is 17.9 Å². The number of hydrogen-bond donors (Lipinski definition) is 2. The molecule has 1 saturated heterocycles. The number of morpholine rings is 1. The van der Waals surface area contributed by atoms with Gasteiger partial charge < -0.3 is 19.9 Å². The molecule has 2 N–H and O–H groups in total. The number of thiazole rings is 1.